The number of carbonyl (C=O) groups excluding carboxylic acids is 1. The van der Waals surface area contributed by atoms with E-state index < -0.39 is 0 Å². The van der Waals surface area contributed by atoms with Gasteiger partial charge in [-0.3, -0.25) is 4.79 Å². The maximum Gasteiger partial charge on any atom is 0.257 e. The van der Waals surface area contributed by atoms with Gasteiger partial charge in [0.1, 0.15) is 5.75 Å². The van der Waals surface area contributed by atoms with Crippen molar-refractivity contribution in [1.29, 1.82) is 0 Å². The van der Waals surface area contributed by atoms with Crippen LogP contribution in [0.25, 0.3) is 0 Å². The zero-order valence-electron chi connectivity index (χ0n) is 9.82. The highest BCUT2D eigenvalue weighted by atomic mass is 35.5. The van der Waals surface area contributed by atoms with Gasteiger partial charge in [0.05, 0.1) is 10.9 Å². The highest BCUT2D eigenvalue weighted by Crippen LogP contribution is 2.23. The van der Waals surface area contributed by atoms with Crippen LogP contribution in [-0.4, -0.2) is 34.4 Å². The summed E-state index contributed by atoms with van der Waals surface area (Å²) in [5.41, 5.74) is 1.33. The molecule has 1 saturated heterocycles. The van der Waals surface area contributed by atoms with E-state index in [1.54, 1.807) is 23.1 Å². The third-order valence-electron chi connectivity index (χ3n) is 3.03. The fraction of sp³-hybridized carbons (Fsp3) is 0.462. The van der Waals surface area contributed by atoms with Gasteiger partial charge in [0, 0.05) is 13.1 Å². The van der Waals surface area contributed by atoms with Gasteiger partial charge in [-0.25, -0.2) is 0 Å². The van der Waals surface area contributed by atoms with E-state index in [4.69, 9.17) is 11.6 Å². The van der Waals surface area contributed by atoms with E-state index in [1.165, 1.54) is 0 Å². The number of alkyl halides is 1. The molecule has 0 bridgehead atoms. The smallest absolute Gasteiger partial charge is 0.257 e. The Labute approximate surface area is 106 Å². The fourth-order valence-corrected chi connectivity index (χ4v) is 2.42. The molecule has 92 valence electrons. The van der Waals surface area contributed by atoms with E-state index in [2.05, 4.69) is 0 Å². The Kier molecular flexibility index (Phi) is 3.57. The minimum Gasteiger partial charge on any atom is -0.507 e. The van der Waals surface area contributed by atoms with Crippen molar-refractivity contribution in [2.45, 2.75) is 25.1 Å². The van der Waals surface area contributed by atoms with Crippen molar-refractivity contribution in [3.8, 4) is 5.75 Å². The van der Waals surface area contributed by atoms with Gasteiger partial charge in [0.2, 0.25) is 0 Å². The number of piperidine rings is 1. The van der Waals surface area contributed by atoms with Crippen molar-refractivity contribution >= 4 is 17.5 Å². The normalized spacial score (nSPS) is 20.4. The van der Waals surface area contributed by atoms with E-state index in [-0.39, 0.29) is 17.0 Å². The van der Waals surface area contributed by atoms with E-state index in [0.717, 1.165) is 24.9 Å². The van der Waals surface area contributed by atoms with Gasteiger partial charge in [-0.15, -0.1) is 11.6 Å². The number of halogens is 1. The van der Waals surface area contributed by atoms with E-state index in [9.17, 15) is 9.90 Å². The molecule has 1 unspecified atom stereocenters. The highest BCUT2D eigenvalue weighted by Gasteiger charge is 2.24. The van der Waals surface area contributed by atoms with Crippen molar-refractivity contribution in [3.05, 3.63) is 29.3 Å². The molecule has 1 amide bonds. The van der Waals surface area contributed by atoms with Crippen LogP contribution in [0.2, 0.25) is 0 Å². The maximum absolute atomic E-state index is 12.2. The quantitative estimate of drug-likeness (QED) is 0.782. The number of phenols is 1. The van der Waals surface area contributed by atoms with Crippen LogP contribution in [0.15, 0.2) is 18.2 Å². The molecule has 1 aromatic carbocycles. The van der Waals surface area contributed by atoms with Gasteiger partial charge in [-0.05, 0) is 31.9 Å². The molecule has 0 spiro atoms. The largest absolute Gasteiger partial charge is 0.507 e. The van der Waals surface area contributed by atoms with Crippen molar-refractivity contribution in [2.24, 2.45) is 0 Å². The molecule has 2 rings (SSSR count). The zero-order chi connectivity index (χ0) is 12.4. The first-order valence-electron chi connectivity index (χ1n) is 5.81. The summed E-state index contributed by atoms with van der Waals surface area (Å²) < 4.78 is 0. The Morgan fingerprint density at radius 1 is 1.53 bits per heavy atom. The number of hydrogen-bond donors (Lipinski definition) is 1. The highest BCUT2D eigenvalue weighted by molar-refractivity contribution is 6.21. The van der Waals surface area contributed by atoms with E-state index in [0.29, 0.717) is 12.1 Å². The molecule has 1 aliphatic rings. The topological polar surface area (TPSA) is 40.5 Å². The summed E-state index contributed by atoms with van der Waals surface area (Å²) in [6.07, 6.45) is 1.87. The van der Waals surface area contributed by atoms with Crippen molar-refractivity contribution in [1.82, 2.24) is 4.90 Å². The molecule has 1 N–H and O–H groups in total. The number of hydrogen-bond acceptors (Lipinski definition) is 2. The Morgan fingerprint density at radius 2 is 2.29 bits per heavy atom. The van der Waals surface area contributed by atoms with Crippen LogP contribution in [-0.2, 0) is 0 Å². The lowest BCUT2D eigenvalue weighted by Crippen LogP contribution is -2.40. The van der Waals surface area contributed by atoms with Crippen LogP contribution in [0, 0.1) is 6.92 Å². The second-order valence-corrected chi connectivity index (χ2v) is 5.13. The summed E-state index contributed by atoms with van der Waals surface area (Å²) in [5, 5.41) is 9.75. The number of likely N-dealkylation sites (tertiary alicyclic amines) is 1. The van der Waals surface area contributed by atoms with Crippen molar-refractivity contribution in [2.75, 3.05) is 13.1 Å². The second-order valence-electron chi connectivity index (χ2n) is 4.51. The molecule has 17 heavy (non-hydrogen) atoms. The van der Waals surface area contributed by atoms with Crippen LogP contribution >= 0.6 is 11.6 Å². The molecular weight excluding hydrogens is 238 g/mol. The van der Waals surface area contributed by atoms with Crippen LogP contribution in [0.4, 0.5) is 0 Å². The van der Waals surface area contributed by atoms with Crippen molar-refractivity contribution < 1.29 is 9.90 Å². The van der Waals surface area contributed by atoms with Gasteiger partial charge in [-0.2, -0.15) is 0 Å². The minimum absolute atomic E-state index is 0.0275. The standard InChI is InChI=1S/C13H16ClNO2/c1-9-4-5-12(16)11(7-9)13(17)15-6-2-3-10(14)8-15/h4-5,7,10,16H,2-3,6,8H2,1H3. The number of aryl methyl sites for hydroxylation is 1. The Hall–Kier alpha value is -1.22. The van der Waals surface area contributed by atoms with Gasteiger partial charge in [0.15, 0.2) is 0 Å². The number of phenolic OH excluding ortho intramolecular Hbond substituents is 1. The Balaban J connectivity index is 2.21. The molecule has 0 aliphatic carbocycles. The summed E-state index contributed by atoms with van der Waals surface area (Å²) in [6, 6.07) is 5.06. The first kappa shape index (κ1) is 12.2. The molecule has 0 aromatic heterocycles. The third kappa shape index (κ3) is 2.72. The van der Waals surface area contributed by atoms with E-state index in [1.807, 2.05) is 6.92 Å². The molecule has 1 fully saturated rings. The summed E-state index contributed by atoms with van der Waals surface area (Å²) in [4.78, 5) is 13.9. The monoisotopic (exact) mass is 253 g/mol. The van der Waals surface area contributed by atoms with Gasteiger partial charge >= 0.3 is 0 Å². The lowest BCUT2D eigenvalue weighted by molar-refractivity contribution is 0.0724. The number of amides is 1. The first-order chi connectivity index (χ1) is 8.08. The number of aromatic hydroxyl groups is 1. The molecule has 3 nitrogen and oxygen atoms in total. The Bertz CT molecular complexity index is 433. The lowest BCUT2D eigenvalue weighted by atomic mass is 10.1. The van der Waals surface area contributed by atoms with Crippen LogP contribution < -0.4 is 0 Å². The van der Waals surface area contributed by atoms with Crippen LogP contribution in [0.5, 0.6) is 5.75 Å². The number of nitrogens with zero attached hydrogens (tertiary/aromatic N) is 1. The maximum atomic E-state index is 12.2. The first-order valence-corrected chi connectivity index (χ1v) is 6.24. The molecule has 1 heterocycles. The number of benzene rings is 1. The van der Waals surface area contributed by atoms with Crippen molar-refractivity contribution in [3.63, 3.8) is 0 Å². The summed E-state index contributed by atoms with van der Waals surface area (Å²) in [6.45, 7) is 3.18. The van der Waals surface area contributed by atoms with Gasteiger partial charge in [-0.1, -0.05) is 11.6 Å². The fourth-order valence-electron chi connectivity index (χ4n) is 2.10. The second kappa shape index (κ2) is 4.96. The Morgan fingerprint density at radius 3 is 3.00 bits per heavy atom. The van der Waals surface area contributed by atoms with Gasteiger partial charge < -0.3 is 10.0 Å². The molecular formula is C13H16ClNO2. The lowest BCUT2D eigenvalue weighted by Gasteiger charge is -2.30. The zero-order valence-corrected chi connectivity index (χ0v) is 10.6. The SMILES string of the molecule is Cc1ccc(O)c(C(=O)N2CCCC(Cl)C2)c1. The summed E-state index contributed by atoms with van der Waals surface area (Å²) in [5.74, 6) is -0.0890. The number of carbonyl (C=O) groups is 1. The molecule has 1 aliphatic heterocycles. The van der Waals surface area contributed by atoms with Gasteiger partial charge in [0.25, 0.3) is 5.91 Å². The average molecular weight is 254 g/mol. The van der Waals surface area contributed by atoms with Crippen LogP contribution in [0.3, 0.4) is 0 Å². The summed E-state index contributed by atoms with van der Waals surface area (Å²) in [7, 11) is 0. The molecule has 4 heteroatoms. The molecule has 0 saturated carbocycles. The molecule has 1 atom stereocenters. The predicted octanol–water partition coefficient (Wildman–Crippen LogP) is 2.54. The molecule has 1 aromatic rings. The molecule has 0 radical (unpaired) electrons. The number of rotatable bonds is 1. The summed E-state index contributed by atoms with van der Waals surface area (Å²) >= 11 is 6.06. The predicted molar refractivity (Wildman–Crippen MR) is 67.6 cm³/mol. The average Bonchev–Trinajstić information content (AvgIpc) is 2.31. The minimum atomic E-state index is -0.128. The third-order valence-corrected chi connectivity index (χ3v) is 3.39. The van der Waals surface area contributed by atoms with Crippen LogP contribution in [0.1, 0.15) is 28.8 Å². The van der Waals surface area contributed by atoms with E-state index >= 15 is 0 Å².